The Balaban J connectivity index is 3.10. The lowest BCUT2D eigenvalue weighted by Gasteiger charge is -2.11. The van der Waals surface area contributed by atoms with Crippen LogP contribution in [0.5, 0.6) is 0 Å². The van der Waals surface area contributed by atoms with E-state index in [0.717, 1.165) is 0 Å². The van der Waals surface area contributed by atoms with Gasteiger partial charge >= 0.3 is 5.97 Å². The Hall–Kier alpha value is -1.26. The molecule has 0 saturated carbocycles. The van der Waals surface area contributed by atoms with Crippen LogP contribution in [0.2, 0.25) is 10.0 Å². The summed E-state index contributed by atoms with van der Waals surface area (Å²) in [4.78, 5) is 21.0. The molecule has 0 spiro atoms. The molecule has 0 fully saturated rings. The highest BCUT2D eigenvalue weighted by atomic mass is 35.5. The fraction of sp³-hybridized carbons (Fsp3) is 0.111. The number of amides is 1. The highest BCUT2D eigenvalue weighted by Crippen LogP contribution is 2.23. The average molecular weight is 248 g/mol. The molecule has 1 aromatic carbocycles. The largest absolute Gasteiger partial charge is 0.479 e. The van der Waals surface area contributed by atoms with Crippen molar-refractivity contribution in [1.82, 2.24) is 5.32 Å². The van der Waals surface area contributed by atoms with Crippen molar-refractivity contribution in [2.24, 2.45) is 0 Å². The molecular weight excluding hydrogens is 241 g/mol. The summed E-state index contributed by atoms with van der Waals surface area (Å²) in [5.41, 5.74) is 0.326. The molecule has 0 bridgehead atoms. The molecule has 1 atom stereocenters. The Kier molecular flexibility index (Phi) is 3.94. The van der Waals surface area contributed by atoms with Crippen molar-refractivity contribution in [2.75, 3.05) is 0 Å². The fourth-order valence-corrected chi connectivity index (χ4v) is 1.66. The minimum atomic E-state index is -1.18. The number of nitrogens with one attached hydrogen (secondary N) is 1. The fourth-order valence-electron chi connectivity index (χ4n) is 1.12. The zero-order valence-electron chi connectivity index (χ0n) is 7.41. The van der Waals surface area contributed by atoms with Gasteiger partial charge in [0.1, 0.15) is 0 Å². The first-order chi connectivity index (χ1) is 7.04. The predicted octanol–water partition coefficient (Wildman–Crippen LogP) is 1.87. The van der Waals surface area contributed by atoms with Gasteiger partial charge in [0.25, 0.3) is 0 Å². The maximum Gasteiger partial charge on any atom is 0.330 e. The summed E-state index contributed by atoms with van der Waals surface area (Å²) >= 11 is 11.4. The number of carboxylic acids is 1. The number of rotatable bonds is 4. The zero-order valence-corrected chi connectivity index (χ0v) is 8.92. The maximum absolute atomic E-state index is 10.8. The van der Waals surface area contributed by atoms with E-state index in [9.17, 15) is 9.59 Å². The molecule has 1 aromatic rings. The molecule has 1 amide bonds. The second-order valence-corrected chi connectivity index (χ2v) is 3.63. The monoisotopic (exact) mass is 247 g/mol. The highest BCUT2D eigenvalue weighted by Gasteiger charge is 2.19. The zero-order chi connectivity index (χ0) is 11.4. The SMILES string of the molecule is O=CNC(C(=O)O)c1cc(Cl)cc(Cl)c1. The predicted molar refractivity (Wildman–Crippen MR) is 56.0 cm³/mol. The molecule has 1 unspecified atom stereocenters. The third-order valence-corrected chi connectivity index (χ3v) is 2.14. The van der Waals surface area contributed by atoms with Crippen LogP contribution in [0.25, 0.3) is 0 Å². The van der Waals surface area contributed by atoms with Gasteiger partial charge in [-0.1, -0.05) is 23.2 Å². The van der Waals surface area contributed by atoms with Gasteiger partial charge in [-0.2, -0.15) is 0 Å². The van der Waals surface area contributed by atoms with Crippen LogP contribution in [-0.4, -0.2) is 17.5 Å². The molecule has 80 valence electrons. The first-order valence-electron chi connectivity index (χ1n) is 3.93. The Labute approximate surface area is 95.8 Å². The number of halogens is 2. The summed E-state index contributed by atoms with van der Waals surface area (Å²) < 4.78 is 0. The van der Waals surface area contributed by atoms with Crippen LogP contribution >= 0.6 is 23.2 Å². The number of carbonyl (C=O) groups excluding carboxylic acids is 1. The van der Waals surface area contributed by atoms with Gasteiger partial charge in [0.2, 0.25) is 6.41 Å². The first-order valence-corrected chi connectivity index (χ1v) is 4.68. The third-order valence-electron chi connectivity index (χ3n) is 1.70. The number of benzene rings is 1. The van der Waals surface area contributed by atoms with Gasteiger partial charge in [0.15, 0.2) is 6.04 Å². The smallest absolute Gasteiger partial charge is 0.330 e. The van der Waals surface area contributed by atoms with E-state index in [1.54, 1.807) is 0 Å². The summed E-state index contributed by atoms with van der Waals surface area (Å²) in [6.07, 6.45) is 0.313. The second kappa shape index (κ2) is 5.00. The van der Waals surface area contributed by atoms with Gasteiger partial charge < -0.3 is 10.4 Å². The number of carboxylic acid groups (broad SMARTS) is 1. The van der Waals surface area contributed by atoms with Crippen LogP contribution in [0.15, 0.2) is 18.2 Å². The lowest BCUT2D eigenvalue weighted by molar-refractivity contribution is -0.140. The topological polar surface area (TPSA) is 66.4 Å². The standard InChI is InChI=1S/C9H7Cl2NO3/c10-6-1-5(2-7(11)3-6)8(9(14)15)12-4-13/h1-4,8H,(H,12,13)(H,14,15). The molecule has 1 rings (SSSR count). The van der Waals surface area contributed by atoms with Crippen LogP contribution in [-0.2, 0) is 9.59 Å². The maximum atomic E-state index is 10.8. The van der Waals surface area contributed by atoms with Crippen molar-refractivity contribution >= 4 is 35.6 Å². The summed E-state index contributed by atoms with van der Waals surface area (Å²) in [6.45, 7) is 0. The van der Waals surface area contributed by atoms with Gasteiger partial charge in [0, 0.05) is 10.0 Å². The Morgan fingerprint density at radius 3 is 2.27 bits per heavy atom. The summed E-state index contributed by atoms with van der Waals surface area (Å²) in [7, 11) is 0. The van der Waals surface area contributed by atoms with Crippen LogP contribution < -0.4 is 5.32 Å². The summed E-state index contributed by atoms with van der Waals surface area (Å²) in [5, 5.41) is 11.6. The molecule has 0 aliphatic carbocycles. The van der Waals surface area contributed by atoms with Gasteiger partial charge in [-0.15, -0.1) is 0 Å². The molecule has 0 aromatic heterocycles. The van der Waals surface area contributed by atoms with Gasteiger partial charge in [0.05, 0.1) is 0 Å². The van der Waals surface area contributed by atoms with Crippen molar-refractivity contribution in [3.05, 3.63) is 33.8 Å². The van der Waals surface area contributed by atoms with Crippen molar-refractivity contribution in [1.29, 1.82) is 0 Å². The number of hydrogen-bond donors (Lipinski definition) is 2. The van der Waals surface area contributed by atoms with Crippen LogP contribution in [0.4, 0.5) is 0 Å². The van der Waals surface area contributed by atoms with Crippen molar-refractivity contribution in [2.45, 2.75) is 6.04 Å². The average Bonchev–Trinajstić information content (AvgIpc) is 2.11. The Morgan fingerprint density at radius 2 is 1.87 bits per heavy atom. The highest BCUT2D eigenvalue weighted by molar-refractivity contribution is 6.34. The lowest BCUT2D eigenvalue weighted by atomic mass is 10.1. The number of hydrogen-bond acceptors (Lipinski definition) is 2. The minimum Gasteiger partial charge on any atom is -0.479 e. The molecule has 15 heavy (non-hydrogen) atoms. The van der Waals surface area contributed by atoms with Crippen LogP contribution in [0.1, 0.15) is 11.6 Å². The third kappa shape index (κ3) is 3.11. The molecule has 6 heteroatoms. The van der Waals surface area contributed by atoms with E-state index in [4.69, 9.17) is 28.3 Å². The molecular formula is C9H7Cl2NO3. The van der Waals surface area contributed by atoms with Crippen molar-refractivity contribution < 1.29 is 14.7 Å². The van der Waals surface area contributed by atoms with E-state index < -0.39 is 12.0 Å². The molecule has 0 aliphatic rings. The van der Waals surface area contributed by atoms with E-state index in [1.807, 2.05) is 0 Å². The van der Waals surface area contributed by atoms with Gasteiger partial charge in [-0.3, -0.25) is 4.79 Å². The van der Waals surface area contributed by atoms with E-state index in [0.29, 0.717) is 22.0 Å². The molecule has 0 aliphatic heterocycles. The Morgan fingerprint density at radius 1 is 1.33 bits per heavy atom. The summed E-state index contributed by atoms with van der Waals surface area (Å²) in [5.74, 6) is -1.18. The van der Waals surface area contributed by atoms with Crippen molar-refractivity contribution in [3.63, 3.8) is 0 Å². The van der Waals surface area contributed by atoms with Gasteiger partial charge in [-0.25, -0.2) is 4.79 Å². The molecule has 0 heterocycles. The quantitative estimate of drug-likeness (QED) is 0.799. The number of carbonyl (C=O) groups is 2. The molecule has 2 N–H and O–H groups in total. The molecule has 0 radical (unpaired) electrons. The minimum absolute atomic E-state index is 0.313. The van der Waals surface area contributed by atoms with Crippen LogP contribution in [0, 0.1) is 0 Å². The first kappa shape index (κ1) is 11.8. The van der Waals surface area contributed by atoms with E-state index >= 15 is 0 Å². The normalized spacial score (nSPS) is 11.9. The van der Waals surface area contributed by atoms with E-state index in [2.05, 4.69) is 5.32 Å². The summed E-state index contributed by atoms with van der Waals surface area (Å²) in [6, 6.07) is 3.21. The molecule has 4 nitrogen and oxygen atoms in total. The lowest BCUT2D eigenvalue weighted by Crippen LogP contribution is -2.27. The van der Waals surface area contributed by atoms with E-state index in [-0.39, 0.29) is 0 Å². The van der Waals surface area contributed by atoms with Gasteiger partial charge in [-0.05, 0) is 23.8 Å². The van der Waals surface area contributed by atoms with Crippen molar-refractivity contribution in [3.8, 4) is 0 Å². The second-order valence-electron chi connectivity index (χ2n) is 2.76. The Bertz CT molecular complexity index is 375. The van der Waals surface area contributed by atoms with Crippen LogP contribution in [0.3, 0.4) is 0 Å². The molecule has 0 saturated heterocycles. The number of aliphatic carboxylic acids is 1. The van der Waals surface area contributed by atoms with E-state index in [1.165, 1.54) is 18.2 Å².